The highest BCUT2D eigenvalue weighted by Crippen LogP contribution is 2.15. The first kappa shape index (κ1) is 28.1. The fourth-order valence-corrected chi connectivity index (χ4v) is 2.22. The molecule has 0 aromatic carbocycles. The van der Waals surface area contributed by atoms with E-state index in [-0.39, 0.29) is 24.6 Å². The van der Waals surface area contributed by atoms with Gasteiger partial charge in [-0.15, -0.1) is 0 Å². The minimum Gasteiger partial charge on any atom is -0.157 e. The average molecular weight is 295 g/mol. The van der Waals surface area contributed by atoms with Crippen LogP contribution >= 0.6 is 0 Å². The molecular formula is C12H25N9. The first-order valence-electron chi connectivity index (χ1n) is 7.05. The van der Waals surface area contributed by atoms with Gasteiger partial charge in [-0.1, -0.05) is 77.0 Å². The van der Waals surface area contributed by atoms with E-state index in [9.17, 15) is 0 Å². The molecule has 1 aromatic heterocycles. The molecule has 1 aromatic rings. The van der Waals surface area contributed by atoms with E-state index < -0.39 is 0 Å². The SMILES string of the molecule is C1CCCCCCCCCCC1.[N].[N].[N].[N].n1nn[nH]n1. The van der Waals surface area contributed by atoms with Crippen LogP contribution < -0.4 is 24.6 Å². The van der Waals surface area contributed by atoms with E-state index in [1.54, 1.807) is 0 Å². The van der Waals surface area contributed by atoms with Gasteiger partial charge in [-0.05, 0) is 20.9 Å². The van der Waals surface area contributed by atoms with Gasteiger partial charge in [0.05, 0.1) is 0 Å². The van der Waals surface area contributed by atoms with Gasteiger partial charge in [0.2, 0.25) is 0 Å². The van der Waals surface area contributed by atoms with Crippen molar-refractivity contribution in [1.29, 1.82) is 0 Å². The van der Waals surface area contributed by atoms with Crippen molar-refractivity contribution in [3.8, 4) is 0 Å². The van der Waals surface area contributed by atoms with Gasteiger partial charge in [-0.2, -0.15) is 5.21 Å². The Morgan fingerprint density at radius 1 is 0.381 bits per heavy atom. The van der Waals surface area contributed by atoms with Crippen molar-refractivity contribution in [1.82, 2.24) is 50.7 Å². The van der Waals surface area contributed by atoms with E-state index in [2.05, 4.69) is 26.1 Å². The van der Waals surface area contributed by atoms with Gasteiger partial charge in [-0.25, -0.2) is 0 Å². The Balaban J connectivity index is -0.000000140. The predicted molar refractivity (Wildman–Crippen MR) is 75.9 cm³/mol. The van der Waals surface area contributed by atoms with E-state index in [1.165, 1.54) is 77.0 Å². The number of hydrogen-bond acceptors (Lipinski definition) is 4. The number of nitrogens with one attached hydrogen (secondary N) is 1. The first-order valence-corrected chi connectivity index (χ1v) is 7.05. The molecule has 12 radical (unpaired) electrons. The zero-order valence-corrected chi connectivity index (χ0v) is 12.6. The lowest BCUT2D eigenvalue weighted by Gasteiger charge is -2.05. The Morgan fingerprint density at radius 3 is 0.667 bits per heavy atom. The van der Waals surface area contributed by atoms with Crippen LogP contribution in [0.15, 0.2) is 0 Å². The maximum atomic E-state index is 3.12. The van der Waals surface area contributed by atoms with Crippen LogP contribution in [-0.2, 0) is 0 Å². The minimum atomic E-state index is 0. The van der Waals surface area contributed by atoms with E-state index >= 15 is 0 Å². The highest BCUT2D eigenvalue weighted by Gasteiger charge is 1.96. The molecule has 9 heteroatoms. The standard InChI is InChI=1S/C12H24.HN5.4N/c1-2-4-6-8-10-12-11-9-7-5-3-1;1-2-4-5-3-1;;;;/h1-12H2;(H,1,2,3,4,5);;;;. The Bertz CT molecular complexity index is 170. The second kappa shape index (κ2) is 23.9. The molecule has 1 aliphatic rings. The highest BCUT2D eigenvalue weighted by atomic mass is 15.6. The fraction of sp³-hybridized carbons (Fsp3) is 1.00. The van der Waals surface area contributed by atoms with Crippen LogP contribution in [0.1, 0.15) is 77.0 Å². The summed E-state index contributed by atoms with van der Waals surface area (Å²) in [5, 5.41) is 14.5. The van der Waals surface area contributed by atoms with E-state index in [0.29, 0.717) is 0 Å². The Labute approximate surface area is 128 Å². The lowest BCUT2D eigenvalue weighted by molar-refractivity contribution is 0.504. The molecular weight excluding hydrogens is 270 g/mol. The second-order valence-corrected chi connectivity index (χ2v) is 4.72. The van der Waals surface area contributed by atoms with Crippen LogP contribution in [0, 0.1) is 0 Å². The van der Waals surface area contributed by atoms with Gasteiger partial charge in [0, 0.05) is 24.6 Å². The third-order valence-corrected chi connectivity index (χ3v) is 3.22. The molecule has 0 amide bonds. The van der Waals surface area contributed by atoms with Crippen molar-refractivity contribution in [2.75, 3.05) is 0 Å². The van der Waals surface area contributed by atoms with Crippen molar-refractivity contribution >= 4 is 0 Å². The number of aromatic amines is 1. The summed E-state index contributed by atoms with van der Waals surface area (Å²) in [6, 6.07) is 0. The molecule has 1 fully saturated rings. The maximum Gasteiger partial charge on any atom is 0 e. The lowest BCUT2D eigenvalue weighted by Crippen LogP contribution is -1.85. The third kappa shape index (κ3) is 21.3. The van der Waals surface area contributed by atoms with Crippen molar-refractivity contribution in [3.05, 3.63) is 0 Å². The van der Waals surface area contributed by atoms with Gasteiger partial charge < -0.3 is 0 Å². The Morgan fingerprint density at radius 2 is 0.571 bits per heavy atom. The zero-order valence-electron chi connectivity index (χ0n) is 12.6. The van der Waals surface area contributed by atoms with Crippen molar-refractivity contribution < 1.29 is 0 Å². The number of hydrogen-bond donors (Lipinski definition) is 1. The number of rotatable bonds is 0. The average Bonchev–Trinajstić information content (AvgIpc) is 2.88. The Hall–Kier alpha value is -1.16. The van der Waals surface area contributed by atoms with E-state index in [0.717, 1.165) is 0 Å². The summed E-state index contributed by atoms with van der Waals surface area (Å²) < 4.78 is 0. The first-order chi connectivity index (χ1) is 8.50. The van der Waals surface area contributed by atoms with Gasteiger partial charge in [0.25, 0.3) is 0 Å². The maximum absolute atomic E-state index is 3.12. The van der Waals surface area contributed by atoms with E-state index in [4.69, 9.17) is 0 Å². The van der Waals surface area contributed by atoms with Crippen molar-refractivity contribution in [3.63, 3.8) is 0 Å². The van der Waals surface area contributed by atoms with Crippen molar-refractivity contribution in [2.24, 2.45) is 0 Å². The monoisotopic (exact) mass is 295 g/mol. The van der Waals surface area contributed by atoms with Gasteiger partial charge in [0.15, 0.2) is 0 Å². The zero-order chi connectivity index (χ0) is 12.0. The third-order valence-electron chi connectivity index (χ3n) is 3.22. The predicted octanol–water partition coefficient (Wildman–Crippen LogP) is 1.35. The van der Waals surface area contributed by atoms with Crippen molar-refractivity contribution in [2.45, 2.75) is 77.0 Å². The molecule has 0 saturated heterocycles. The molecule has 0 unspecified atom stereocenters. The highest BCUT2D eigenvalue weighted by molar-refractivity contribution is 4.51. The summed E-state index contributed by atoms with van der Waals surface area (Å²) in [6.45, 7) is 0. The summed E-state index contributed by atoms with van der Waals surface area (Å²) in [7, 11) is 0. The molecule has 0 atom stereocenters. The van der Waals surface area contributed by atoms with Crippen LogP contribution in [-0.4, -0.2) is 26.1 Å². The number of nitrogens with zero attached hydrogens (tertiary/aromatic N) is 8. The summed E-state index contributed by atoms with van der Waals surface area (Å²) in [5.41, 5.74) is 0. The second-order valence-electron chi connectivity index (χ2n) is 4.72. The largest absolute Gasteiger partial charge is 0.157 e. The minimum absolute atomic E-state index is 0. The summed E-state index contributed by atoms with van der Waals surface area (Å²) in [4.78, 5) is 0. The normalized spacial score (nSPS) is 15.6. The molecule has 1 saturated carbocycles. The van der Waals surface area contributed by atoms with Crippen LogP contribution in [0.5, 0.6) is 0 Å². The van der Waals surface area contributed by atoms with Gasteiger partial charge in [0.1, 0.15) is 0 Å². The smallest absolute Gasteiger partial charge is 0 e. The topological polar surface area (TPSA) is 189 Å². The molecule has 2 rings (SSSR count). The number of aromatic nitrogens is 5. The van der Waals surface area contributed by atoms with Crippen LogP contribution in [0.25, 0.3) is 0 Å². The van der Waals surface area contributed by atoms with E-state index in [1.807, 2.05) is 0 Å². The van der Waals surface area contributed by atoms with Crippen LogP contribution in [0.3, 0.4) is 0 Å². The summed E-state index contributed by atoms with van der Waals surface area (Å²) >= 11 is 0. The fourth-order valence-electron chi connectivity index (χ4n) is 2.22. The summed E-state index contributed by atoms with van der Waals surface area (Å²) in [6.07, 6.45) is 18.0. The molecule has 1 heterocycles. The number of H-pyrrole nitrogens is 1. The molecule has 1 aliphatic carbocycles. The van der Waals surface area contributed by atoms with Crippen LogP contribution in [0.2, 0.25) is 0 Å². The molecule has 0 spiro atoms. The molecule has 9 nitrogen and oxygen atoms in total. The molecule has 1 N–H and O–H groups in total. The van der Waals surface area contributed by atoms with Gasteiger partial charge >= 0.3 is 0 Å². The van der Waals surface area contributed by atoms with Crippen LogP contribution in [0.4, 0.5) is 0 Å². The summed E-state index contributed by atoms with van der Waals surface area (Å²) in [5.74, 6) is 0. The molecule has 21 heavy (non-hydrogen) atoms. The lowest BCUT2D eigenvalue weighted by atomic mass is 10.0. The molecule has 118 valence electrons. The van der Waals surface area contributed by atoms with Gasteiger partial charge in [-0.3, -0.25) is 0 Å². The Kier molecular flexibility index (Phi) is 31.9. The quantitative estimate of drug-likeness (QED) is 0.755. The molecule has 0 aliphatic heterocycles. The molecule has 0 bridgehead atoms.